The number of benzene rings is 2. The van der Waals surface area contributed by atoms with Crippen molar-refractivity contribution in [3.8, 4) is 11.5 Å². The predicted octanol–water partition coefficient (Wildman–Crippen LogP) is 4.87. The first-order valence-corrected chi connectivity index (χ1v) is 7.95. The number of hydrogen-bond acceptors (Lipinski definition) is 3. The van der Waals surface area contributed by atoms with Crippen LogP contribution in [0.1, 0.15) is 45.2 Å². The normalized spacial score (nSPS) is 14.3. The summed E-state index contributed by atoms with van der Waals surface area (Å²) in [4.78, 5) is 0. The van der Waals surface area contributed by atoms with Gasteiger partial charge < -0.3 is 14.6 Å². The number of hydrogen-bond donors (Lipinski definition) is 1. The molecule has 0 aliphatic rings. The molecule has 23 heavy (non-hydrogen) atoms. The van der Waals surface area contributed by atoms with E-state index in [4.69, 9.17) is 9.47 Å². The maximum absolute atomic E-state index is 9.46. The minimum atomic E-state index is -0.603. The minimum absolute atomic E-state index is 0.151. The Morgan fingerprint density at radius 2 is 1.35 bits per heavy atom. The van der Waals surface area contributed by atoms with E-state index in [9.17, 15) is 5.11 Å². The fourth-order valence-electron chi connectivity index (χ4n) is 2.49. The van der Waals surface area contributed by atoms with E-state index in [2.05, 4.69) is 26.0 Å². The highest BCUT2D eigenvalue weighted by Gasteiger charge is 2.25. The van der Waals surface area contributed by atoms with Gasteiger partial charge in [0.05, 0.1) is 0 Å². The average Bonchev–Trinajstić information content (AvgIpc) is 2.55. The fourth-order valence-corrected chi connectivity index (χ4v) is 2.49. The Morgan fingerprint density at radius 3 is 1.78 bits per heavy atom. The van der Waals surface area contributed by atoms with Gasteiger partial charge in [-0.05, 0) is 35.4 Å². The van der Waals surface area contributed by atoms with Crippen LogP contribution >= 0.6 is 0 Å². The van der Waals surface area contributed by atoms with Crippen LogP contribution in [0.3, 0.4) is 0 Å². The minimum Gasteiger partial charge on any atom is -0.508 e. The summed E-state index contributed by atoms with van der Waals surface area (Å²) in [7, 11) is 1.66. The first-order chi connectivity index (χ1) is 10.8. The lowest BCUT2D eigenvalue weighted by Gasteiger charge is -2.29. The van der Waals surface area contributed by atoms with Crippen molar-refractivity contribution in [2.45, 2.75) is 45.3 Å². The Balaban J connectivity index is 2.23. The zero-order chi connectivity index (χ0) is 17.1. The van der Waals surface area contributed by atoms with Gasteiger partial charge in [-0.15, -0.1) is 0 Å². The summed E-state index contributed by atoms with van der Waals surface area (Å²) in [5.74, 6) is 0.474. The molecule has 0 spiro atoms. The van der Waals surface area contributed by atoms with Gasteiger partial charge in [0, 0.05) is 25.9 Å². The second kappa shape index (κ2) is 6.63. The number of aromatic hydroxyl groups is 1. The van der Waals surface area contributed by atoms with Crippen molar-refractivity contribution >= 4 is 0 Å². The number of rotatable bonds is 6. The van der Waals surface area contributed by atoms with Crippen molar-refractivity contribution in [3.05, 3.63) is 59.7 Å². The second-order valence-electron chi connectivity index (χ2n) is 6.49. The van der Waals surface area contributed by atoms with Crippen LogP contribution in [-0.2, 0) is 10.2 Å². The van der Waals surface area contributed by atoms with Gasteiger partial charge in [0.2, 0.25) is 5.79 Å². The summed E-state index contributed by atoms with van der Waals surface area (Å²) in [6.07, 6.45) is 0.768. The van der Waals surface area contributed by atoms with Gasteiger partial charge in [-0.3, -0.25) is 0 Å². The van der Waals surface area contributed by atoms with Crippen LogP contribution < -0.4 is 4.74 Å². The van der Waals surface area contributed by atoms with E-state index < -0.39 is 5.79 Å². The highest BCUT2D eigenvalue weighted by atomic mass is 16.7. The maximum Gasteiger partial charge on any atom is 0.207 e. The zero-order valence-electron chi connectivity index (χ0n) is 14.6. The summed E-state index contributed by atoms with van der Waals surface area (Å²) in [5.41, 5.74) is 2.19. The third kappa shape index (κ3) is 3.85. The quantitative estimate of drug-likeness (QED) is 0.773. The molecule has 0 saturated carbocycles. The van der Waals surface area contributed by atoms with E-state index in [0.717, 1.165) is 17.7 Å². The highest BCUT2D eigenvalue weighted by Crippen LogP contribution is 2.33. The molecule has 2 aromatic rings. The average molecular weight is 314 g/mol. The number of phenolic OH excluding ortho intramolecular Hbond substituents is 1. The Hall–Kier alpha value is -2.00. The van der Waals surface area contributed by atoms with Crippen LogP contribution in [0, 0.1) is 0 Å². The first-order valence-electron chi connectivity index (χ1n) is 7.95. The molecule has 0 heterocycles. The van der Waals surface area contributed by atoms with Crippen molar-refractivity contribution in [3.63, 3.8) is 0 Å². The van der Waals surface area contributed by atoms with Crippen molar-refractivity contribution in [2.75, 3.05) is 7.11 Å². The summed E-state index contributed by atoms with van der Waals surface area (Å²) in [6.45, 7) is 8.30. The van der Waals surface area contributed by atoms with E-state index in [0.29, 0.717) is 0 Å². The molecule has 2 aromatic carbocycles. The van der Waals surface area contributed by atoms with Crippen molar-refractivity contribution < 1.29 is 14.6 Å². The molecule has 2 rings (SSSR count). The van der Waals surface area contributed by atoms with E-state index in [1.807, 2.05) is 38.1 Å². The largest absolute Gasteiger partial charge is 0.508 e. The van der Waals surface area contributed by atoms with Crippen molar-refractivity contribution in [2.24, 2.45) is 0 Å². The molecule has 0 bridgehead atoms. The monoisotopic (exact) mass is 314 g/mol. The molecule has 3 heteroatoms. The Labute approximate surface area is 138 Å². The highest BCUT2D eigenvalue weighted by molar-refractivity contribution is 5.41. The molecule has 0 aliphatic heterocycles. The molecule has 1 N–H and O–H groups in total. The van der Waals surface area contributed by atoms with Crippen LogP contribution in [0.2, 0.25) is 0 Å². The van der Waals surface area contributed by atoms with Crippen LogP contribution in [0.25, 0.3) is 0 Å². The molecule has 0 aromatic heterocycles. The second-order valence-corrected chi connectivity index (χ2v) is 6.49. The molecule has 3 nitrogen and oxygen atoms in total. The van der Waals surface area contributed by atoms with Crippen molar-refractivity contribution in [1.82, 2.24) is 0 Å². The topological polar surface area (TPSA) is 38.7 Å². The summed E-state index contributed by atoms with van der Waals surface area (Å²) < 4.78 is 11.4. The Kier molecular flexibility index (Phi) is 5.00. The molecule has 124 valence electrons. The van der Waals surface area contributed by atoms with Gasteiger partial charge in [-0.2, -0.15) is 0 Å². The molecule has 0 amide bonds. The number of methoxy groups -OCH3 is 1. The fraction of sp³-hybridized carbons (Fsp3) is 0.400. The van der Waals surface area contributed by atoms with E-state index in [-0.39, 0.29) is 11.2 Å². The lowest BCUT2D eigenvalue weighted by Crippen LogP contribution is -2.33. The number of ether oxygens (including phenoxy) is 2. The third-order valence-corrected chi connectivity index (χ3v) is 4.57. The van der Waals surface area contributed by atoms with E-state index >= 15 is 0 Å². The van der Waals surface area contributed by atoms with Crippen LogP contribution in [0.4, 0.5) is 0 Å². The van der Waals surface area contributed by atoms with Crippen LogP contribution in [-0.4, -0.2) is 18.0 Å². The van der Waals surface area contributed by atoms with Gasteiger partial charge in [0.15, 0.2) is 0 Å². The lowest BCUT2D eigenvalue weighted by atomic mass is 9.78. The lowest BCUT2D eigenvalue weighted by molar-refractivity contribution is -0.151. The SMILES string of the molecule is CCC(C)(OC)Oc1ccc(C(C)(C)c2ccc(O)cc2)cc1. The predicted molar refractivity (Wildman–Crippen MR) is 93.0 cm³/mol. The molecule has 0 radical (unpaired) electrons. The summed E-state index contributed by atoms with van der Waals surface area (Å²) in [5, 5.41) is 9.46. The third-order valence-electron chi connectivity index (χ3n) is 4.57. The molecular formula is C20H26O3. The van der Waals surface area contributed by atoms with Gasteiger partial charge in [-0.25, -0.2) is 0 Å². The standard InChI is InChI=1S/C20H26O3/c1-6-20(4,22-5)23-18-13-9-16(10-14-18)19(2,3)15-7-11-17(21)12-8-15/h7-14,21H,6H2,1-5H3. The van der Waals surface area contributed by atoms with Gasteiger partial charge in [0.25, 0.3) is 0 Å². The summed E-state index contributed by atoms with van der Waals surface area (Å²) >= 11 is 0. The molecular weight excluding hydrogens is 288 g/mol. The van der Waals surface area contributed by atoms with Crippen LogP contribution in [0.5, 0.6) is 11.5 Å². The number of phenols is 1. The van der Waals surface area contributed by atoms with Gasteiger partial charge in [0.1, 0.15) is 11.5 Å². The molecule has 1 unspecified atom stereocenters. The summed E-state index contributed by atoms with van der Waals surface area (Å²) in [6, 6.07) is 15.5. The Bertz CT molecular complexity index is 623. The zero-order valence-corrected chi connectivity index (χ0v) is 14.6. The smallest absolute Gasteiger partial charge is 0.207 e. The van der Waals surface area contributed by atoms with E-state index in [1.165, 1.54) is 5.56 Å². The van der Waals surface area contributed by atoms with Crippen molar-refractivity contribution in [1.29, 1.82) is 0 Å². The maximum atomic E-state index is 9.46. The Morgan fingerprint density at radius 1 is 0.870 bits per heavy atom. The van der Waals surface area contributed by atoms with Gasteiger partial charge in [-0.1, -0.05) is 45.0 Å². The molecule has 0 fully saturated rings. The van der Waals surface area contributed by atoms with E-state index in [1.54, 1.807) is 19.2 Å². The molecule has 1 atom stereocenters. The van der Waals surface area contributed by atoms with Crippen LogP contribution in [0.15, 0.2) is 48.5 Å². The first kappa shape index (κ1) is 17.4. The van der Waals surface area contributed by atoms with Gasteiger partial charge >= 0.3 is 0 Å². The molecule has 0 aliphatic carbocycles. The molecule has 0 saturated heterocycles.